The molecule has 0 fully saturated rings. The Morgan fingerprint density at radius 2 is 1.40 bits per heavy atom. The average Bonchev–Trinajstić information content (AvgIpc) is 2.96. The summed E-state index contributed by atoms with van der Waals surface area (Å²) in [6.07, 6.45) is 1.29. The lowest BCUT2D eigenvalue weighted by Gasteiger charge is -2.12. The maximum atomic E-state index is 11.2. The van der Waals surface area contributed by atoms with Crippen LogP contribution >= 0.6 is 43.2 Å². The number of rotatable bonds is 17. The standard InChI is InChI=1S/C11H14N4O4S2.C9H19N3O2S2.2CH5N.H2O/c1-6(16)7-3-9(15(18)19)11(14-4-7)21-20-5-8(13-2)10(12)17;1-6(8(13)3-10)4-15-16-5-7(12-2)9(11)14;2*1-2;/h3-4,8,13H,5H2,1-2H3,(H2,12,17);6-7,12H,3-5,10H2,1-2H3,(H2,11,14);2*2H2,1H3;1H2/t8-;6-,7-;;;/m00.../s1. The Balaban J connectivity index is -0.000000309. The maximum Gasteiger partial charge on any atom is 0.302 e. The predicted octanol–water partition coefficient (Wildman–Crippen LogP) is -1.06. The highest BCUT2D eigenvalue weighted by Gasteiger charge is 2.20. The number of amides is 2. The van der Waals surface area contributed by atoms with Gasteiger partial charge in [-0.25, -0.2) is 4.98 Å². The van der Waals surface area contributed by atoms with Crippen LogP contribution in [0.4, 0.5) is 5.69 Å². The molecule has 14 N–H and O–H groups in total. The molecule has 16 nitrogen and oxygen atoms in total. The van der Waals surface area contributed by atoms with Gasteiger partial charge in [-0.05, 0) is 45.9 Å². The molecule has 2 amide bonds. The summed E-state index contributed by atoms with van der Waals surface area (Å²) < 4.78 is 0. The summed E-state index contributed by atoms with van der Waals surface area (Å²) in [5.41, 5.74) is 24.5. The van der Waals surface area contributed by atoms with Gasteiger partial charge in [0.25, 0.3) is 0 Å². The van der Waals surface area contributed by atoms with Crippen molar-refractivity contribution in [3.05, 3.63) is 27.9 Å². The number of ketones is 2. The van der Waals surface area contributed by atoms with E-state index in [4.69, 9.17) is 17.2 Å². The third kappa shape index (κ3) is 20.8. The lowest BCUT2D eigenvalue weighted by atomic mass is 10.1. The van der Waals surface area contributed by atoms with Gasteiger partial charge in [0.15, 0.2) is 10.8 Å². The average molecular weight is 676 g/mol. The number of Topliss-reactive ketones (excluding diaryl/α,β-unsaturated/α-hetero) is 2. The van der Waals surface area contributed by atoms with Gasteiger partial charge >= 0.3 is 5.69 Å². The highest BCUT2D eigenvalue weighted by molar-refractivity contribution is 8.77. The molecule has 0 saturated carbocycles. The molecule has 0 saturated heterocycles. The van der Waals surface area contributed by atoms with Crippen molar-refractivity contribution in [2.24, 2.45) is 34.6 Å². The zero-order chi connectivity index (χ0) is 32.5. The van der Waals surface area contributed by atoms with Crippen molar-refractivity contribution >= 4 is 72.2 Å². The molecule has 20 heteroatoms. The van der Waals surface area contributed by atoms with Gasteiger partial charge < -0.3 is 44.8 Å². The van der Waals surface area contributed by atoms with Gasteiger partial charge in [-0.3, -0.25) is 29.3 Å². The molecule has 42 heavy (non-hydrogen) atoms. The summed E-state index contributed by atoms with van der Waals surface area (Å²) in [6, 6.07) is 0.345. The van der Waals surface area contributed by atoms with Crippen LogP contribution in [0.25, 0.3) is 0 Å². The number of hydrogen-bond donors (Lipinski definition) is 7. The zero-order valence-electron chi connectivity index (χ0n) is 24.6. The second-order valence-corrected chi connectivity index (χ2v) is 12.2. The van der Waals surface area contributed by atoms with Crippen LogP contribution in [0.5, 0.6) is 0 Å². The number of nitrogens with one attached hydrogen (secondary N) is 2. The molecule has 0 radical (unpaired) electrons. The Morgan fingerprint density at radius 1 is 0.952 bits per heavy atom. The highest BCUT2D eigenvalue weighted by atomic mass is 33.1. The first-order chi connectivity index (χ1) is 19.4. The topological polar surface area (TPSA) is 310 Å². The van der Waals surface area contributed by atoms with Crippen molar-refractivity contribution in [2.45, 2.75) is 31.0 Å². The molecule has 1 rings (SSSR count). The van der Waals surface area contributed by atoms with Gasteiger partial charge in [-0.1, -0.05) is 39.3 Å². The molecule has 0 spiro atoms. The minimum Gasteiger partial charge on any atom is -0.412 e. The lowest BCUT2D eigenvalue weighted by Crippen LogP contribution is -2.40. The number of carbonyl (C=O) groups is 4. The maximum absolute atomic E-state index is 11.2. The molecule has 0 bridgehead atoms. The predicted molar refractivity (Wildman–Crippen MR) is 175 cm³/mol. The van der Waals surface area contributed by atoms with E-state index >= 15 is 0 Å². The van der Waals surface area contributed by atoms with E-state index in [1.54, 1.807) is 24.9 Å². The van der Waals surface area contributed by atoms with E-state index in [1.165, 1.54) is 54.9 Å². The van der Waals surface area contributed by atoms with Gasteiger partial charge in [-0.2, -0.15) is 0 Å². The van der Waals surface area contributed by atoms with Gasteiger partial charge in [0.1, 0.15) is 5.78 Å². The number of pyridine rings is 1. The Hall–Kier alpha value is -2.01. The van der Waals surface area contributed by atoms with E-state index in [2.05, 4.69) is 27.1 Å². The van der Waals surface area contributed by atoms with Crippen LogP contribution in [0.2, 0.25) is 0 Å². The Morgan fingerprint density at radius 3 is 1.79 bits per heavy atom. The lowest BCUT2D eigenvalue weighted by molar-refractivity contribution is -0.388. The summed E-state index contributed by atoms with van der Waals surface area (Å²) in [4.78, 5) is 58.7. The first-order valence-corrected chi connectivity index (χ1v) is 16.7. The van der Waals surface area contributed by atoms with Gasteiger partial charge in [0, 0.05) is 41.0 Å². The van der Waals surface area contributed by atoms with Crippen LogP contribution in [0.3, 0.4) is 0 Å². The summed E-state index contributed by atoms with van der Waals surface area (Å²) in [5, 5.41) is 16.7. The minimum absolute atomic E-state index is 0. The van der Waals surface area contributed by atoms with E-state index in [-0.39, 0.29) is 57.7 Å². The smallest absolute Gasteiger partial charge is 0.302 e. The minimum atomic E-state index is -0.591. The molecule has 1 aromatic rings. The number of hydrogen-bond acceptors (Lipinski definition) is 16. The van der Waals surface area contributed by atoms with Crippen LogP contribution in [-0.2, 0) is 14.4 Å². The van der Waals surface area contributed by atoms with E-state index in [0.717, 1.165) is 10.8 Å². The van der Waals surface area contributed by atoms with E-state index in [1.807, 2.05) is 6.92 Å². The molecule has 0 aliphatic rings. The van der Waals surface area contributed by atoms with Crippen LogP contribution < -0.4 is 39.3 Å². The second kappa shape index (κ2) is 29.1. The fraction of sp³-hybridized carbons (Fsp3) is 0.591. The molecule has 0 aliphatic carbocycles. The van der Waals surface area contributed by atoms with Gasteiger partial charge in [-0.15, -0.1) is 0 Å². The molecule has 1 aromatic heterocycles. The Labute approximate surface area is 262 Å². The molecule has 0 unspecified atom stereocenters. The molecule has 244 valence electrons. The molecule has 1 heterocycles. The van der Waals surface area contributed by atoms with Crippen molar-refractivity contribution in [2.75, 3.05) is 52.0 Å². The highest BCUT2D eigenvalue weighted by Crippen LogP contribution is 2.36. The van der Waals surface area contributed by atoms with E-state index < -0.39 is 16.9 Å². The molecule has 3 atom stereocenters. The number of likely N-dealkylation sites (N-methyl/N-ethyl adjacent to an activating group) is 2. The van der Waals surface area contributed by atoms with Gasteiger partial charge in [0.05, 0.1) is 23.6 Å². The second-order valence-electron chi connectivity index (χ2n) is 7.36. The van der Waals surface area contributed by atoms with Crippen LogP contribution in [0.1, 0.15) is 24.2 Å². The largest absolute Gasteiger partial charge is 0.412 e. The van der Waals surface area contributed by atoms with E-state index in [9.17, 15) is 29.3 Å². The molecular weight excluding hydrogens is 631 g/mol. The van der Waals surface area contributed by atoms with Crippen molar-refractivity contribution in [3.8, 4) is 0 Å². The summed E-state index contributed by atoms with van der Waals surface area (Å²) in [7, 11) is 11.7. The van der Waals surface area contributed by atoms with E-state index in [0.29, 0.717) is 17.3 Å². The number of nitro groups is 1. The summed E-state index contributed by atoms with van der Waals surface area (Å²) in [5.74, 6) is 0.512. The summed E-state index contributed by atoms with van der Waals surface area (Å²) in [6.45, 7) is 3.26. The van der Waals surface area contributed by atoms with Crippen molar-refractivity contribution in [1.29, 1.82) is 0 Å². The van der Waals surface area contributed by atoms with Crippen molar-refractivity contribution in [3.63, 3.8) is 0 Å². The SMILES string of the molecule is CN.CN.CN[C@@H](CSSC[C@H](C)C(=O)CN)C(N)=O.CN[C@@H](CSSc1ncc(C(C)=O)cc1[N+](=O)[O-])C(N)=O.O. The fourth-order valence-corrected chi connectivity index (χ4v) is 7.10. The van der Waals surface area contributed by atoms with Crippen molar-refractivity contribution < 1.29 is 29.6 Å². The first kappa shape index (κ1) is 46.9. The normalized spacial score (nSPS) is 11.7. The monoisotopic (exact) mass is 675 g/mol. The third-order valence-electron chi connectivity index (χ3n) is 4.58. The van der Waals surface area contributed by atoms with Crippen LogP contribution in [-0.4, -0.2) is 103 Å². The molecule has 0 aliphatic heterocycles. The number of nitrogens with zero attached hydrogens (tertiary/aromatic N) is 2. The van der Waals surface area contributed by atoms with Crippen LogP contribution in [0, 0.1) is 16.0 Å². The number of aromatic nitrogens is 1. The number of primary amides is 2. The number of carbonyl (C=O) groups excluding carboxylic acids is 4. The van der Waals surface area contributed by atoms with Crippen LogP contribution in [0.15, 0.2) is 17.3 Å². The number of nitrogens with two attached hydrogens (primary N) is 5. The summed E-state index contributed by atoms with van der Waals surface area (Å²) >= 11 is 0. The van der Waals surface area contributed by atoms with Gasteiger partial charge in [0.2, 0.25) is 11.8 Å². The van der Waals surface area contributed by atoms with Crippen molar-refractivity contribution in [1.82, 2.24) is 15.6 Å². The third-order valence-corrected chi connectivity index (χ3v) is 9.46. The molecular formula is C22H45N9O7S4. The quantitative estimate of drug-likeness (QED) is 0.0340. The fourth-order valence-electron chi connectivity index (χ4n) is 2.16. The first-order valence-electron chi connectivity index (χ1n) is 11.9. The molecule has 0 aromatic carbocycles. The Bertz CT molecular complexity index is 949. The zero-order valence-corrected chi connectivity index (χ0v) is 27.8. The Kier molecular flexibility index (Phi) is 32.5.